The highest BCUT2D eigenvalue weighted by molar-refractivity contribution is 7.15. The molecule has 3 rings (SSSR count). The van der Waals surface area contributed by atoms with Gasteiger partial charge in [-0.1, -0.05) is 0 Å². The van der Waals surface area contributed by atoms with Gasteiger partial charge in [-0.3, -0.25) is 9.58 Å². The molecule has 0 radical (unpaired) electrons. The number of hydrogen-bond acceptors (Lipinski definition) is 6. The molecular weight excluding hydrogens is 310 g/mol. The molecule has 0 amide bonds. The van der Waals surface area contributed by atoms with Crippen LogP contribution in [0.2, 0.25) is 0 Å². The summed E-state index contributed by atoms with van der Waals surface area (Å²) in [6, 6.07) is 0. The second-order valence-electron chi connectivity index (χ2n) is 5.36. The zero-order valence-electron chi connectivity index (χ0n) is 11.8. The predicted molar refractivity (Wildman–Crippen MR) is 85.6 cm³/mol. The summed E-state index contributed by atoms with van der Waals surface area (Å²) in [6.07, 6.45) is 5.79. The average Bonchev–Trinajstić information content (AvgIpc) is 3.10. The number of anilines is 1. The number of halogens is 1. The molecule has 21 heavy (non-hydrogen) atoms. The van der Waals surface area contributed by atoms with Crippen LogP contribution in [0.5, 0.6) is 0 Å². The lowest BCUT2D eigenvalue weighted by molar-refractivity contribution is 0.214. The molecule has 1 fully saturated rings. The minimum absolute atomic E-state index is 0. The fourth-order valence-corrected chi connectivity index (χ4v) is 3.63. The van der Waals surface area contributed by atoms with Gasteiger partial charge in [0, 0.05) is 62.4 Å². The van der Waals surface area contributed by atoms with Crippen LogP contribution in [0.1, 0.15) is 16.4 Å². The number of aromatic nitrogens is 3. The average molecular weight is 330 g/mol. The van der Waals surface area contributed by atoms with Gasteiger partial charge in [-0.2, -0.15) is 5.10 Å². The van der Waals surface area contributed by atoms with Crippen molar-refractivity contribution in [1.82, 2.24) is 19.7 Å². The van der Waals surface area contributed by atoms with E-state index in [1.54, 1.807) is 0 Å². The van der Waals surface area contributed by atoms with Crippen LogP contribution in [0.3, 0.4) is 0 Å². The number of likely N-dealkylation sites (tertiary alicyclic amines) is 1. The van der Waals surface area contributed by atoms with E-state index in [0.29, 0.717) is 11.0 Å². The monoisotopic (exact) mass is 329 g/mol. The van der Waals surface area contributed by atoms with Crippen molar-refractivity contribution in [1.29, 1.82) is 0 Å². The van der Waals surface area contributed by atoms with Crippen molar-refractivity contribution in [2.75, 3.05) is 25.4 Å². The normalized spacial score (nSPS) is 22.4. The molecule has 116 valence electrons. The molecule has 1 aliphatic heterocycles. The molecule has 1 saturated heterocycles. The van der Waals surface area contributed by atoms with Crippen molar-refractivity contribution in [3.8, 4) is 0 Å². The fraction of sp³-hybridized carbons (Fsp3) is 0.538. The number of aryl methyl sites for hydroxylation is 1. The number of nitrogens with two attached hydrogens (primary N) is 1. The maximum absolute atomic E-state index is 9.61. The van der Waals surface area contributed by atoms with Gasteiger partial charge >= 0.3 is 0 Å². The van der Waals surface area contributed by atoms with Crippen molar-refractivity contribution >= 4 is 28.9 Å². The number of aliphatic hydroxyl groups is 1. The van der Waals surface area contributed by atoms with Gasteiger partial charge in [-0.05, 0) is 5.56 Å². The van der Waals surface area contributed by atoms with Crippen molar-refractivity contribution < 1.29 is 5.11 Å². The first-order valence-electron chi connectivity index (χ1n) is 6.67. The van der Waals surface area contributed by atoms with Crippen molar-refractivity contribution in [3.63, 3.8) is 0 Å². The van der Waals surface area contributed by atoms with Crippen LogP contribution in [-0.2, 0) is 13.6 Å². The maximum Gasteiger partial charge on any atom is 0.180 e. The Bertz CT molecular complexity index is 587. The van der Waals surface area contributed by atoms with Crippen LogP contribution < -0.4 is 5.73 Å². The Morgan fingerprint density at radius 2 is 2.24 bits per heavy atom. The first kappa shape index (κ1) is 16.2. The standard InChI is InChI=1S/C13H19N5OS.ClH/c1-17-4-9(2-16-17)12-7-18(5-10(12)8-19)6-11-3-15-13(14)20-11;/h2-4,10,12,19H,5-8H2,1H3,(H2,14,15);1H/t10-,12-;/m0./s1. The van der Waals surface area contributed by atoms with Crippen LogP contribution in [0, 0.1) is 5.92 Å². The zero-order chi connectivity index (χ0) is 14.1. The van der Waals surface area contributed by atoms with Gasteiger partial charge in [-0.15, -0.1) is 23.7 Å². The van der Waals surface area contributed by atoms with E-state index in [0.717, 1.165) is 19.6 Å². The van der Waals surface area contributed by atoms with Crippen molar-refractivity contribution in [3.05, 3.63) is 29.0 Å². The lowest BCUT2D eigenvalue weighted by Crippen LogP contribution is -2.20. The largest absolute Gasteiger partial charge is 0.396 e. The second kappa shape index (κ2) is 6.74. The van der Waals surface area contributed by atoms with Gasteiger partial charge in [0.2, 0.25) is 0 Å². The van der Waals surface area contributed by atoms with E-state index in [-0.39, 0.29) is 24.9 Å². The number of rotatable bonds is 4. The number of aliphatic hydroxyl groups excluding tert-OH is 1. The second-order valence-corrected chi connectivity index (χ2v) is 6.50. The van der Waals surface area contributed by atoms with E-state index in [1.165, 1.54) is 21.8 Å². The lowest BCUT2D eigenvalue weighted by Gasteiger charge is -2.13. The van der Waals surface area contributed by atoms with E-state index >= 15 is 0 Å². The smallest absolute Gasteiger partial charge is 0.180 e. The highest BCUT2D eigenvalue weighted by Crippen LogP contribution is 2.33. The third-order valence-electron chi connectivity index (χ3n) is 3.86. The van der Waals surface area contributed by atoms with Crippen molar-refractivity contribution in [2.24, 2.45) is 13.0 Å². The summed E-state index contributed by atoms with van der Waals surface area (Å²) >= 11 is 1.53. The number of nitrogen functional groups attached to an aromatic ring is 1. The zero-order valence-corrected chi connectivity index (χ0v) is 13.5. The summed E-state index contributed by atoms with van der Waals surface area (Å²) in [5.74, 6) is 0.614. The van der Waals surface area contributed by atoms with Gasteiger partial charge in [0.1, 0.15) is 0 Å². The maximum atomic E-state index is 9.61. The van der Waals surface area contributed by atoms with Crippen molar-refractivity contribution in [2.45, 2.75) is 12.5 Å². The Kier molecular flexibility index (Phi) is 5.21. The minimum Gasteiger partial charge on any atom is -0.396 e. The molecule has 2 atom stereocenters. The van der Waals surface area contributed by atoms with Gasteiger partial charge in [0.15, 0.2) is 5.13 Å². The summed E-state index contributed by atoms with van der Waals surface area (Å²) in [5.41, 5.74) is 6.87. The highest BCUT2D eigenvalue weighted by atomic mass is 35.5. The fourth-order valence-electron chi connectivity index (χ4n) is 2.90. The summed E-state index contributed by atoms with van der Waals surface area (Å²) < 4.78 is 1.82. The van der Waals surface area contributed by atoms with Gasteiger partial charge < -0.3 is 10.8 Å². The Morgan fingerprint density at radius 1 is 1.43 bits per heavy atom. The van der Waals surface area contributed by atoms with Crippen LogP contribution in [0.15, 0.2) is 18.6 Å². The molecule has 2 aromatic rings. The Morgan fingerprint density at radius 3 is 2.81 bits per heavy atom. The Labute approximate surface area is 134 Å². The first-order chi connectivity index (χ1) is 9.65. The minimum atomic E-state index is 0. The molecule has 0 aromatic carbocycles. The Hall–Kier alpha value is -1.15. The van der Waals surface area contributed by atoms with E-state index in [1.807, 2.05) is 30.3 Å². The molecule has 0 unspecified atom stereocenters. The van der Waals surface area contributed by atoms with E-state index in [9.17, 15) is 5.11 Å². The van der Waals surface area contributed by atoms with E-state index in [2.05, 4.69) is 15.0 Å². The molecular formula is C13H20ClN5OS. The molecule has 3 N–H and O–H groups in total. The molecule has 2 aromatic heterocycles. The summed E-state index contributed by atoms with van der Waals surface area (Å²) in [4.78, 5) is 7.61. The predicted octanol–water partition coefficient (Wildman–Crippen LogP) is 1.09. The molecule has 0 spiro atoms. The topological polar surface area (TPSA) is 80.2 Å². The highest BCUT2D eigenvalue weighted by Gasteiger charge is 2.34. The lowest BCUT2D eigenvalue weighted by atomic mass is 9.92. The van der Waals surface area contributed by atoms with E-state index < -0.39 is 0 Å². The summed E-state index contributed by atoms with van der Waals surface area (Å²) in [6.45, 7) is 2.89. The van der Waals surface area contributed by atoms with E-state index in [4.69, 9.17) is 5.73 Å². The van der Waals surface area contributed by atoms with Gasteiger partial charge in [-0.25, -0.2) is 4.98 Å². The Balaban J connectivity index is 0.00000161. The third kappa shape index (κ3) is 3.55. The molecule has 6 nitrogen and oxygen atoms in total. The molecule has 3 heterocycles. The number of hydrogen-bond donors (Lipinski definition) is 2. The molecule has 0 saturated carbocycles. The SMILES string of the molecule is Cl.Cn1cc([C@@H]2CN(Cc3cnc(N)s3)C[C@H]2CO)cn1. The van der Waals surface area contributed by atoms with Crippen LogP contribution in [0.25, 0.3) is 0 Å². The van der Waals surface area contributed by atoms with Crippen LogP contribution >= 0.6 is 23.7 Å². The van der Waals surface area contributed by atoms with Gasteiger partial charge in [0.05, 0.1) is 6.20 Å². The molecule has 1 aliphatic rings. The number of thiazole rings is 1. The van der Waals surface area contributed by atoms with Gasteiger partial charge in [0.25, 0.3) is 0 Å². The van der Waals surface area contributed by atoms with Crippen LogP contribution in [0.4, 0.5) is 5.13 Å². The molecule has 0 bridgehead atoms. The summed E-state index contributed by atoms with van der Waals surface area (Å²) in [7, 11) is 1.92. The third-order valence-corrected chi connectivity index (χ3v) is 4.67. The first-order valence-corrected chi connectivity index (χ1v) is 7.49. The summed E-state index contributed by atoms with van der Waals surface area (Å²) in [5, 5.41) is 14.5. The molecule has 0 aliphatic carbocycles. The molecule has 8 heteroatoms. The number of nitrogens with zero attached hydrogens (tertiary/aromatic N) is 4. The van der Waals surface area contributed by atoms with Crippen LogP contribution in [-0.4, -0.2) is 44.5 Å². The quantitative estimate of drug-likeness (QED) is 0.877.